The minimum Gasteiger partial charge on any atom is -0.354 e. The second-order valence-electron chi connectivity index (χ2n) is 9.40. The predicted molar refractivity (Wildman–Crippen MR) is 158 cm³/mol. The maximum atomic E-state index is 14.0. The average molecular weight is 591 g/mol. The van der Waals surface area contributed by atoms with E-state index in [0.717, 1.165) is 33.7 Å². The van der Waals surface area contributed by atoms with Crippen molar-refractivity contribution in [1.82, 2.24) is 10.2 Å². The lowest BCUT2D eigenvalue weighted by molar-refractivity contribution is -0.140. The smallest absolute Gasteiger partial charge is 0.244 e. The van der Waals surface area contributed by atoms with Crippen LogP contribution in [0.4, 0.5) is 5.69 Å². The molecule has 208 valence electrons. The zero-order valence-electron chi connectivity index (χ0n) is 22.2. The lowest BCUT2D eigenvalue weighted by Gasteiger charge is -2.33. The monoisotopic (exact) mass is 589 g/mol. The summed E-state index contributed by atoms with van der Waals surface area (Å²) in [6.45, 7) is 3.94. The van der Waals surface area contributed by atoms with E-state index in [1.807, 2.05) is 68.4 Å². The van der Waals surface area contributed by atoms with E-state index in [2.05, 4.69) is 5.32 Å². The van der Waals surface area contributed by atoms with E-state index < -0.39 is 28.5 Å². The van der Waals surface area contributed by atoms with Crippen molar-refractivity contribution in [2.45, 2.75) is 39.3 Å². The summed E-state index contributed by atoms with van der Waals surface area (Å²) in [6, 6.07) is 20.5. The molecule has 0 fully saturated rings. The number of rotatable bonds is 12. The fourth-order valence-electron chi connectivity index (χ4n) is 4.11. The first-order valence-corrected chi connectivity index (χ1v) is 15.2. The molecular formula is C29H33Cl2N3O4S. The van der Waals surface area contributed by atoms with E-state index in [1.165, 1.54) is 23.1 Å². The van der Waals surface area contributed by atoms with E-state index in [-0.39, 0.29) is 34.6 Å². The lowest BCUT2D eigenvalue weighted by atomic mass is 10.0. The molecule has 0 spiro atoms. The molecule has 2 amide bonds. The predicted octanol–water partition coefficient (Wildman–Crippen LogP) is 5.23. The molecule has 0 aliphatic carbocycles. The molecule has 3 aromatic carbocycles. The summed E-state index contributed by atoms with van der Waals surface area (Å²) in [5.41, 5.74) is 2.90. The standard InChI is InChI=1S/C29H33Cl2N3O4S/c1-4-14-32-29(36)27(15-22-8-6-5-7-9-22)33(19-23-12-10-21(2)11-13-23)28(35)20-34(39(3,37)38)26-17-24(30)16-25(31)18-26/h5-13,16-18,27H,4,14-15,19-20H2,1-3H3,(H,32,36)/t27-/m0/s1. The SMILES string of the molecule is CCCNC(=O)[C@H](Cc1ccccc1)N(Cc1ccc(C)cc1)C(=O)CN(c1cc(Cl)cc(Cl)c1)S(C)(=O)=O. The van der Waals surface area contributed by atoms with Gasteiger partial charge in [-0.25, -0.2) is 8.42 Å². The van der Waals surface area contributed by atoms with Crippen LogP contribution in [0, 0.1) is 6.92 Å². The topological polar surface area (TPSA) is 86.8 Å². The van der Waals surface area contributed by atoms with Crippen molar-refractivity contribution in [1.29, 1.82) is 0 Å². The number of nitrogens with zero attached hydrogens (tertiary/aromatic N) is 2. The Morgan fingerprint density at radius 2 is 1.54 bits per heavy atom. The summed E-state index contributed by atoms with van der Waals surface area (Å²) >= 11 is 12.3. The number of amides is 2. The van der Waals surface area contributed by atoms with Gasteiger partial charge in [0.05, 0.1) is 11.9 Å². The second-order valence-corrected chi connectivity index (χ2v) is 12.2. The third-order valence-corrected chi connectivity index (χ3v) is 7.69. The molecule has 0 saturated carbocycles. The Balaban J connectivity index is 2.05. The molecule has 0 aliphatic rings. The number of sulfonamides is 1. The molecule has 39 heavy (non-hydrogen) atoms. The van der Waals surface area contributed by atoms with Crippen LogP contribution in [-0.2, 0) is 32.6 Å². The molecule has 10 heteroatoms. The number of benzene rings is 3. The van der Waals surface area contributed by atoms with Gasteiger partial charge in [-0.05, 0) is 42.7 Å². The van der Waals surface area contributed by atoms with Crippen LogP contribution >= 0.6 is 23.2 Å². The number of hydrogen-bond donors (Lipinski definition) is 1. The Bertz CT molecular complexity index is 1360. The van der Waals surface area contributed by atoms with Gasteiger partial charge in [-0.2, -0.15) is 0 Å². The van der Waals surface area contributed by atoms with Crippen molar-refractivity contribution in [3.8, 4) is 0 Å². The summed E-state index contributed by atoms with van der Waals surface area (Å²) < 4.78 is 26.6. The molecule has 1 atom stereocenters. The van der Waals surface area contributed by atoms with Crippen molar-refractivity contribution in [2.75, 3.05) is 23.7 Å². The van der Waals surface area contributed by atoms with Crippen molar-refractivity contribution in [3.63, 3.8) is 0 Å². The summed E-state index contributed by atoms with van der Waals surface area (Å²) in [4.78, 5) is 28.9. The maximum absolute atomic E-state index is 14.0. The van der Waals surface area contributed by atoms with Crippen LogP contribution in [0.5, 0.6) is 0 Å². The zero-order chi connectivity index (χ0) is 28.6. The third-order valence-electron chi connectivity index (χ3n) is 6.11. The molecule has 0 aromatic heterocycles. The molecule has 0 bridgehead atoms. The van der Waals surface area contributed by atoms with Gasteiger partial charge in [-0.15, -0.1) is 0 Å². The van der Waals surface area contributed by atoms with Crippen LogP contribution in [0.3, 0.4) is 0 Å². The van der Waals surface area contributed by atoms with Gasteiger partial charge in [0.25, 0.3) is 0 Å². The molecule has 0 radical (unpaired) electrons. The van der Waals surface area contributed by atoms with Crippen LogP contribution in [0.1, 0.15) is 30.0 Å². The van der Waals surface area contributed by atoms with E-state index >= 15 is 0 Å². The number of nitrogens with one attached hydrogen (secondary N) is 1. The lowest BCUT2D eigenvalue weighted by Crippen LogP contribution is -2.53. The number of hydrogen-bond acceptors (Lipinski definition) is 4. The Hall–Kier alpha value is -3.07. The van der Waals surface area contributed by atoms with Crippen molar-refractivity contribution in [3.05, 3.63) is 99.5 Å². The van der Waals surface area contributed by atoms with Crippen LogP contribution in [0.2, 0.25) is 10.0 Å². The first-order chi connectivity index (χ1) is 18.5. The highest BCUT2D eigenvalue weighted by molar-refractivity contribution is 7.92. The van der Waals surface area contributed by atoms with Crippen LogP contribution < -0.4 is 9.62 Å². The van der Waals surface area contributed by atoms with Gasteiger partial charge in [-0.1, -0.05) is 90.3 Å². The third kappa shape index (κ3) is 8.98. The van der Waals surface area contributed by atoms with Crippen LogP contribution in [0.15, 0.2) is 72.8 Å². The molecule has 7 nitrogen and oxygen atoms in total. The fraction of sp³-hybridized carbons (Fsp3) is 0.310. The molecule has 3 aromatic rings. The van der Waals surface area contributed by atoms with Crippen molar-refractivity contribution < 1.29 is 18.0 Å². The van der Waals surface area contributed by atoms with Gasteiger partial charge in [0.15, 0.2) is 0 Å². The highest BCUT2D eigenvalue weighted by Gasteiger charge is 2.33. The number of halogens is 2. The van der Waals surface area contributed by atoms with Gasteiger partial charge in [0.1, 0.15) is 12.6 Å². The number of carbonyl (C=O) groups is 2. The first-order valence-electron chi connectivity index (χ1n) is 12.6. The number of carbonyl (C=O) groups excluding carboxylic acids is 2. The quantitative estimate of drug-likeness (QED) is 0.313. The largest absolute Gasteiger partial charge is 0.354 e. The minimum atomic E-state index is -3.91. The number of aryl methyl sites for hydroxylation is 1. The number of anilines is 1. The van der Waals surface area contributed by atoms with E-state index in [1.54, 1.807) is 0 Å². The fourth-order valence-corrected chi connectivity index (χ4v) is 5.45. The molecule has 0 aliphatic heterocycles. The zero-order valence-corrected chi connectivity index (χ0v) is 24.6. The van der Waals surface area contributed by atoms with Crippen LogP contribution in [-0.4, -0.2) is 50.5 Å². The van der Waals surface area contributed by atoms with Gasteiger partial charge in [0, 0.05) is 29.6 Å². The van der Waals surface area contributed by atoms with E-state index in [0.29, 0.717) is 6.54 Å². The normalized spacial score (nSPS) is 12.0. The van der Waals surface area contributed by atoms with E-state index in [9.17, 15) is 18.0 Å². The Morgan fingerprint density at radius 3 is 2.10 bits per heavy atom. The van der Waals surface area contributed by atoms with Gasteiger partial charge in [-0.3, -0.25) is 13.9 Å². The summed E-state index contributed by atoms with van der Waals surface area (Å²) in [6.07, 6.45) is 2.00. The summed E-state index contributed by atoms with van der Waals surface area (Å²) in [5, 5.41) is 3.38. The van der Waals surface area contributed by atoms with E-state index in [4.69, 9.17) is 23.2 Å². The Kier molecular flexibility index (Phi) is 10.8. The van der Waals surface area contributed by atoms with Gasteiger partial charge >= 0.3 is 0 Å². The summed E-state index contributed by atoms with van der Waals surface area (Å²) in [7, 11) is -3.91. The Labute approximate surface area is 240 Å². The molecular weight excluding hydrogens is 557 g/mol. The molecule has 1 N–H and O–H groups in total. The van der Waals surface area contributed by atoms with Crippen LogP contribution in [0.25, 0.3) is 0 Å². The van der Waals surface area contributed by atoms with Gasteiger partial charge < -0.3 is 10.2 Å². The highest BCUT2D eigenvalue weighted by Crippen LogP contribution is 2.27. The molecule has 0 unspecified atom stereocenters. The summed E-state index contributed by atoms with van der Waals surface area (Å²) in [5.74, 6) is -0.845. The maximum Gasteiger partial charge on any atom is 0.244 e. The highest BCUT2D eigenvalue weighted by atomic mass is 35.5. The minimum absolute atomic E-state index is 0.115. The van der Waals surface area contributed by atoms with Gasteiger partial charge in [0.2, 0.25) is 21.8 Å². The molecule has 3 rings (SSSR count). The second kappa shape index (κ2) is 13.8. The van der Waals surface area contributed by atoms with Crippen molar-refractivity contribution in [2.24, 2.45) is 0 Å². The van der Waals surface area contributed by atoms with Crippen molar-refractivity contribution >= 4 is 50.7 Å². The molecule has 0 saturated heterocycles. The first kappa shape index (κ1) is 30.5. The average Bonchev–Trinajstić information content (AvgIpc) is 2.88. The molecule has 0 heterocycles. The Morgan fingerprint density at radius 1 is 0.923 bits per heavy atom.